The van der Waals surface area contributed by atoms with Gasteiger partial charge in [0.05, 0.1) is 23.8 Å². The summed E-state index contributed by atoms with van der Waals surface area (Å²) in [5.74, 6) is -1.30. The summed E-state index contributed by atoms with van der Waals surface area (Å²) < 4.78 is 5.77. The van der Waals surface area contributed by atoms with E-state index in [0.29, 0.717) is 30.9 Å². The van der Waals surface area contributed by atoms with Gasteiger partial charge >= 0.3 is 0 Å². The number of benzene rings is 2. The molecule has 1 atom stereocenters. The number of Topliss-reactive ketones (excluding diaryl/α,β-unsaturated/α-hetero) is 1. The van der Waals surface area contributed by atoms with Crippen molar-refractivity contribution < 1.29 is 24.5 Å². The van der Waals surface area contributed by atoms with E-state index in [-0.39, 0.29) is 22.6 Å². The molecule has 0 radical (unpaired) electrons. The molecule has 1 aliphatic rings. The third kappa shape index (κ3) is 5.25. The fraction of sp³-hybridized carbons (Fsp3) is 0.407. The van der Waals surface area contributed by atoms with Crippen LogP contribution in [0.5, 0.6) is 11.5 Å². The maximum Gasteiger partial charge on any atom is 0.295 e. The van der Waals surface area contributed by atoms with Crippen molar-refractivity contribution in [1.82, 2.24) is 9.80 Å². The summed E-state index contributed by atoms with van der Waals surface area (Å²) >= 11 is 0. The van der Waals surface area contributed by atoms with E-state index in [4.69, 9.17) is 4.74 Å². The maximum absolute atomic E-state index is 13.2. The molecule has 1 amide bonds. The van der Waals surface area contributed by atoms with Crippen molar-refractivity contribution in [3.05, 3.63) is 64.2 Å². The molecule has 7 heteroatoms. The molecule has 182 valence electrons. The van der Waals surface area contributed by atoms with Gasteiger partial charge in [0, 0.05) is 6.54 Å². The number of hydrogen-bond donors (Lipinski definition) is 2. The fourth-order valence-electron chi connectivity index (χ4n) is 4.14. The van der Waals surface area contributed by atoms with E-state index in [0.717, 1.165) is 24.1 Å². The summed E-state index contributed by atoms with van der Waals surface area (Å²) in [4.78, 5) is 29.8. The highest BCUT2D eigenvalue weighted by molar-refractivity contribution is 6.46. The largest absolute Gasteiger partial charge is 0.507 e. The fourth-order valence-corrected chi connectivity index (χ4v) is 4.14. The monoisotopic (exact) mass is 466 g/mol. The lowest BCUT2D eigenvalue weighted by Gasteiger charge is -2.26. The SMILES string of the molecule is CCCOc1cccc(C2C(=C(O)c3cc(C)c(C)cc3O)C(=O)C(=O)N2CCCN(C)C)c1. The molecular formula is C27H34N2O5. The predicted octanol–water partition coefficient (Wildman–Crippen LogP) is 4.17. The van der Waals surface area contributed by atoms with Gasteiger partial charge in [0.15, 0.2) is 0 Å². The minimum absolute atomic E-state index is 0.0268. The van der Waals surface area contributed by atoms with E-state index >= 15 is 0 Å². The highest BCUT2D eigenvalue weighted by atomic mass is 16.5. The van der Waals surface area contributed by atoms with Crippen LogP contribution in [0.25, 0.3) is 5.76 Å². The summed E-state index contributed by atoms with van der Waals surface area (Å²) in [6, 6.07) is 9.66. The van der Waals surface area contributed by atoms with E-state index in [1.54, 1.807) is 18.2 Å². The molecule has 1 saturated heterocycles. The summed E-state index contributed by atoms with van der Waals surface area (Å²) in [6.07, 6.45) is 1.51. The van der Waals surface area contributed by atoms with Crippen molar-refractivity contribution in [1.29, 1.82) is 0 Å². The van der Waals surface area contributed by atoms with Crippen LogP contribution in [0.1, 0.15) is 48.1 Å². The van der Waals surface area contributed by atoms with Crippen LogP contribution in [0.2, 0.25) is 0 Å². The van der Waals surface area contributed by atoms with Crippen molar-refractivity contribution in [3.8, 4) is 11.5 Å². The van der Waals surface area contributed by atoms with Crippen LogP contribution >= 0.6 is 0 Å². The zero-order valence-corrected chi connectivity index (χ0v) is 20.6. The number of carbonyl (C=O) groups excluding carboxylic acids is 2. The number of aromatic hydroxyl groups is 1. The first-order valence-electron chi connectivity index (χ1n) is 11.6. The Balaban J connectivity index is 2.14. The van der Waals surface area contributed by atoms with E-state index in [1.165, 1.54) is 4.90 Å². The average molecular weight is 467 g/mol. The second kappa shape index (κ2) is 10.7. The highest BCUT2D eigenvalue weighted by Gasteiger charge is 2.46. The van der Waals surface area contributed by atoms with Crippen molar-refractivity contribution in [2.45, 2.75) is 39.7 Å². The van der Waals surface area contributed by atoms with Gasteiger partial charge in [-0.25, -0.2) is 0 Å². The Labute approximate surface area is 201 Å². The van der Waals surface area contributed by atoms with E-state index in [2.05, 4.69) is 0 Å². The molecule has 1 fully saturated rings. The van der Waals surface area contributed by atoms with Crippen LogP contribution in [0.3, 0.4) is 0 Å². The molecule has 0 saturated carbocycles. The van der Waals surface area contributed by atoms with Gasteiger partial charge in [-0.05, 0) is 88.3 Å². The molecule has 1 aliphatic heterocycles. The second-order valence-electron chi connectivity index (χ2n) is 9.02. The predicted molar refractivity (Wildman–Crippen MR) is 132 cm³/mol. The zero-order valence-electron chi connectivity index (χ0n) is 20.6. The van der Waals surface area contributed by atoms with Crippen molar-refractivity contribution in [3.63, 3.8) is 0 Å². The molecule has 0 aromatic heterocycles. The molecule has 34 heavy (non-hydrogen) atoms. The van der Waals surface area contributed by atoms with Crippen molar-refractivity contribution in [2.24, 2.45) is 0 Å². The molecule has 1 heterocycles. The normalized spacial score (nSPS) is 17.6. The van der Waals surface area contributed by atoms with Crippen molar-refractivity contribution >= 4 is 17.4 Å². The number of nitrogens with zero attached hydrogens (tertiary/aromatic N) is 2. The van der Waals surface area contributed by atoms with E-state index < -0.39 is 17.7 Å². The number of phenols is 1. The van der Waals surface area contributed by atoms with Gasteiger partial charge in [0.25, 0.3) is 11.7 Å². The van der Waals surface area contributed by atoms with Crippen LogP contribution in [-0.4, -0.2) is 65.5 Å². The van der Waals surface area contributed by atoms with E-state index in [9.17, 15) is 19.8 Å². The number of hydrogen-bond acceptors (Lipinski definition) is 6. The van der Waals surface area contributed by atoms with E-state index in [1.807, 2.05) is 58.0 Å². The Morgan fingerprint density at radius 2 is 1.82 bits per heavy atom. The van der Waals surface area contributed by atoms with Gasteiger partial charge in [-0.15, -0.1) is 0 Å². The molecular weight excluding hydrogens is 432 g/mol. The Bertz CT molecular complexity index is 1110. The summed E-state index contributed by atoms with van der Waals surface area (Å²) in [5.41, 5.74) is 2.49. The molecule has 2 aromatic rings. The number of aliphatic hydroxyl groups excluding tert-OH is 1. The summed E-state index contributed by atoms with van der Waals surface area (Å²) in [5, 5.41) is 21.8. The number of rotatable bonds is 9. The third-order valence-corrected chi connectivity index (χ3v) is 6.06. The Hall–Kier alpha value is -3.32. The number of phenolic OH excluding ortho intramolecular Hbond substituents is 1. The number of likely N-dealkylation sites (tertiary alicyclic amines) is 1. The molecule has 3 rings (SSSR count). The number of carbonyl (C=O) groups is 2. The number of amides is 1. The first-order chi connectivity index (χ1) is 16.1. The average Bonchev–Trinajstić information content (AvgIpc) is 3.04. The van der Waals surface area contributed by atoms with Crippen molar-refractivity contribution in [2.75, 3.05) is 33.8 Å². The van der Waals surface area contributed by atoms with Gasteiger partial charge in [0.1, 0.15) is 17.3 Å². The number of ketones is 1. The molecule has 0 bridgehead atoms. The summed E-state index contributed by atoms with van der Waals surface area (Å²) in [6.45, 7) is 7.36. The molecule has 1 unspecified atom stereocenters. The first kappa shape index (κ1) is 25.3. The second-order valence-corrected chi connectivity index (χ2v) is 9.02. The smallest absolute Gasteiger partial charge is 0.295 e. The lowest BCUT2D eigenvalue weighted by molar-refractivity contribution is -0.139. The van der Waals surface area contributed by atoms with Crippen LogP contribution in [0.15, 0.2) is 42.0 Å². The topological polar surface area (TPSA) is 90.3 Å². The summed E-state index contributed by atoms with van der Waals surface area (Å²) in [7, 11) is 3.89. The Kier molecular flexibility index (Phi) is 7.99. The van der Waals surface area contributed by atoms with Crippen LogP contribution in [0, 0.1) is 13.8 Å². The van der Waals surface area contributed by atoms with Gasteiger partial charge in [0.2, 0.25) is 0 Å². The van der Waals surface area contributed by atoms with Crippen LogP contribution < -0.4 is 4.74 Å². The number of aryl methyl sites for hydroxylation is 2. The lowest BCUT2D eigenvalue weighted by Crippen LogP contribution is -2.32. The molecule has 2 N–H and O–H groups in total. The standard InChI is InChI=1S/C27H34N2O5/c1-6-13-34-20-10-7-9-19(16-20)24-23(25(31)21-14-17(2)18(3)15-22(21)30)26(32)27(33)29(24)12-8-11-28(4)5/h7,9-10,14-16,24,30-31H,6,8,11-13H2,1-5H3. The Morgan fingerprint density at radius 1 is 1.12 bits per heavy atom. The number of aliphatic hydroxyl groups is 1. The molecule has 0 spiro atoms. The molecule has 0 aliphatic carbocycles. The van der Waals surface area contributed by atoms with Gasteiger partial charge in [-0.2, -0.15) is 0 Å². The van der Waals surface area contributed by atoms with Crippen LogP contribution in [0.4, 0.5) is 0 Å². The highest BCUT2D eigenvalue weighted by Crippen LogP contribution is 2.42. The maximum atomic E-state index is 13.2. The minimum Gasteiger partial charge on any atom is -0.507 e. The third-order valence-electron chi connectivity index (χ3n) is 6.06. The Morgan fingerprint density at radius 3 is 2.50 bits per heavy atom. The quantitative estimate of drug-likeness (QED) is 0.328. The van der Waals surface area contributed by atoms with Gasteiger partial charge in [-0.3, -0.25) is 9.59 Å². The molecule has 2 aromatic carbocycles. The minimum atomic E-state index is -0.784. The molecule has 7 nitrogen and oxygen atoms in total. The zero-order chi connectivity index (χ0) is 25.0. The van der Waals surface area contributed by atoms with Gasteiger partial charge in [-0.1, -0.05) is 19.1 Å². The lowest BCUT2D eigenvalue weighted by atomic mass is 9.93. The number of ether oxygens (including phenoxy) is 1. The van der Waals surface area contributed by atoms with Gasteiger partial charge < -0.3 is 24.7 Å². The first-order valence-corrected chi connectivity index (χ1v) is 11.6. The van der Waals surface area contributed by atoms with Crippen LogP contribution in [-0.2, 0) is 9.59 Å².